The Kier molecular flexibility index (Phi) is 6.73. The molecule has 1 aromatic rings. The molecule has 0 unspecified atom stereocenters. The molecule has 1 aromatic carbocycles. The van der Waals surface area contributed by atoms with E-state index >= 15 is 0 Å². The van der Waals surface area contributed by atoms with E-state index in [4.69, 9.17) is 4.74 Å². The Bertz CT molecular complexity index is 670. The number of carbonyl (C=O) groups excluding carboxylic acids is 1. The van der Waals surface area contributed by atoms with Gasteiger partial charge in [-0.2, -0.15) is 0 Å². The van der Waals surface area contributed by atoms with E-state index in [1.165, 1.54) is 0 Å². The lowest BCUT2D eigenvalue weighted by Crippen LogP contribution is -2.43. The molecule has 1 aliphatic heterocycles. The molecule has 24 heavy (non-hydrogen) atoms. The number of aryl methyl sites for hydroxylation is 2. The van der Waals surface area contributed by atoms with Crippen molar-refractivity contribution in [1.29, 1.82) is 0 Å². The van der Waals surface area contributed by atoms with Crippen LogP contribution in [0.3, 0.4) is 0 Å². The maximum Gasteiger partial charge on any atom is 0.241 e. The first kappa shape index (κ1) is 18.9. The lowest BCUT2D eigenvalue weighted by atomic mass is 10.2. The van der Waals surface area contributed by atoms with E-state index in [-0.39, 0.29) is 17.3 Å². The minimum atomic E-state index is -3.69. The summed E-state index contributed by atoms with van der Waals surface area (Å²) in [6, 6.07) is 5.10. The molecule has 1 amide bonds. The predicted octanol–water partition coefficient (Wildman–Crippen LogP) is 0.0301. The lowest BCUT2D eigenvalue weighted by molar-refractivity contribution is -0.120. The van der Waals surface area contributed by atoms with Gasteiger partial charge in [0, 0.05) is 26.2 Å². The Morgan fingerprint density at radius 1 is 1.25 bits per heavy atom. The molecule has 0 aromatic heterocycles. The Hall–Kier alpha value is -1.48. The third kappa shape index (κ3) is 5.55. The van der Waals surface area contributed by atoms with Crippen LogP contribution in [0.2, 0.25) is 0 Å². The Labute approximate surface area is 143 Å². The van der Waals surface area contributed by atoms with Crippen molar-refractivity contribution in [3.63, 3.8) is 0 Å². The molecule has 1 aliphatic rings. The second kappa shape index (κ2) is 8.57. The highest BCUT2D eigenvalue weighted by molar-refractivity contribution is 7.89. The summed E-state index contributed by atoms with van der Waals surface area (Å²) >= 11 is 0. The normalized spacial score (nSPS) is 16.1. The molecule has 1 heterocycles. The van der Waals surface area contributed by atoms with Gasteiger partial charge in [-0.15, -0.1) is 0 Å². The van der Waals surface area contributed by atoms with E-state index in [0.29, 0.717) is 25.3 Å². The maximum absolute atomic E-state index is 12.3. The molecule has 8 heteroatoms. The van der Waals surface area contributed by atoms with Crippen LogP contribution in [0.1, 0.15) is 11.1 Å². The first-order valence-corrected chi connectivity index (χ1v) is 9.50. The number of ether oxygens (including phenoxy) is 1. The molecule has 0 aliphatic carbocycles. The topological polar surface area (TPSA) is 87.7 Å². The standard InChI is InChI=1S/C16H25N3O4S/c1-13-3-4-15(14(2)11-13)24(21,22)18-12-16(20)17-5-6-19-7-9-23-10-8-19/h3-4,11,18H,5-10,12H2,1-2H3,(H,17,20). The zero-order chi connectivity index (χ0) is 17.6. The molecule has 1 saturated heterocycles. The molecule has 2 N–H and O–H groups in total. The smallest absolute Gasteiger partial charge is 0.241 e. The second-order valence-corrected chi connectivity index (χ2v) is 7.63. The van der Waals surface area contributed by atoms with E-state index in [9.17, 15) is 13.2 Å². The number of benzene rings is 1. The van der Waals surface area contributed by atoms with Crippen LogP contribution in [0.4, 0.5) is 0 Å². The minimum absolute atomic E-state index is 0.203. The fraction of sp³-hybridized carbons (Fsp3) is 0.562. The van der Waals surface area contributed by atoms with Gasteiger partial charge in [-0.1, -0.05) is 17.7 Å². The number of nitrogens with zero attached hydrogens (tertiary/aromatic N) is 1. The minimum Gasteiger partial charge on any atom is -0.379 e. The van der Waals surface area contributed by atoms with E-state index in [1.807, 2.05) is 6.92 Å². The van der Waals surface area contributed by atoms with Gasteiger partial charge in [0.15, 0.2) is 0 Å². The number of carbonyl (C=O) groups is 1. The largest absolute Gasteiger partial charge is 0.379 e. The van der Waals surface area contributed by atoms with Crippen LogP contribution in [-0.4, -0.2) is 65.2 Å². The quantitative estimate of drug-likeness (QED) is 0.721. The van der Waals surface area contributed by atoms with E-state index in [2.05, 4.69) is 14.9 Å². The molecule has 2 rings (SSSR count). The van der Waals surface area contributed by atoms with E-state index < -0.39 is 10.0 Å². The van der Waals surface area contributed by atoms with Crippen LogP contribution < -0.4 is 10.0 Å². The van der Waals surface area contributed by atoms with Crippen molar-refractivity contribution in [2.45, 2.75) is 18.7 Å². The molecule has 0 spiro atoms. The number of hydrogen-bond donors (Lipinski definition) is 2. The highest BCUT2D eigenvalue weighted by atomic mass is 32.2. The highest BCUT2D eigenvalue weighted by Gasteiger charge is 2.18. The average molecular weight is 355 g/mol. The van der Waals surface area contributed by atoms with Gasteiger partial charge in [0.2, 0.25) is 15.9 Å². The predicted molar refractivity (Wildman–Crippen MR) is 91.4 cm³/mol. The monoisotopic (exact) mass is 355 g/mol. The van der Waals surface area contributed by atoms with Crippen LogP contribution >= 0.6 is 0 Å². The zero-order valence-corrected chi connectivity index (χ0v) is 15.0. The van der Waals surface area contributed by atoms with Gasteiger partial charge >= 0.3 is 0 Å². The van der Waals surface area contributed by atoms with Crippen LogP contribution in [-0.2, 0) is 19.6 Å². The van der Waals surface area contributed by atoms with Crippen LogP contribution in [0, 0.1) is 13.8 Å². The van der Waals surface area contributed by atoms with Gasteiger partial charge < -0.3 is 10.1 Å². The fourth-order valence-electron chi connectivity index (χ4n) is 2.58. The average Bonchev–Trinajstić information content (AvgIpc) is 2.54. The van der Waals surface area contributed by atoms with Crippen LogP contribution in [0.15, 0.2) is 23.1 Å². The summed E-state index contributed by atoms with van der Waals surface area (Å²) in [4.78, 5) is 14.2. The van der Waals surface area contributed by atoms with Crippen molar-refractivity contribution in [2.75, 3.05) is 45.9 Å². The summed E-state index contributed by atoms with van der Waals surface area (Å²) in [5.74, 6) is -0.336. The van der Waals surface area contributed by atoms with Gasteiger partial charge in [-0.05, 0) is 25.5 Å². The molecule has 7 nitrogen and oxygen atoms in total. The summed E-state index contributed by atoms with van der Waals surface area (Å²) in [6.45, 7) is 7.74. The molecule has 0 saturated carbocycles. The molecular formula is C16H25N3O4S. The Morgan fingerprint density at radius 2 is 1.96 bits per heavy atom. The third-order valence-electron chi connectivity index (χ3n) is 3.90. The summed E-state index contributed by atoms with van der Waals surface area (Å²) in [7, 11) is -3.69. The fourth-order valence-corrected chi connectivity index (χ4v) is 3.79. The summed E-state index contributed by atoms with van der Waals surface area (Å²) in [6.07, 6.45) is 0. The summed E-state index contributed by atoms with van der Waals surface area (Å²) in [5.41, 5.74) is 1.66. The zero-order valence-electron chi connectivity index (χ0n) is 14.2. The van der Waals surface area contributed by atoms with Gasteiger partial charge in [0.1, 0.15) is 0 Å². The molecular weight excluding hydrogens is 330 g/mol. The number of amides is 1. The molecule has 134 valence electrons. The maximum atomic E-state index is 12.3. The van der Waals surface area contributed by atoms with Gasteiger partial charge in [-0.25, -0.2) is 13.1 Å². The van der Waals surface area contributed by atoms with Gasteiger partial charge in [-0.3, -0.25) is 9.69 Å². The van der Waals surface area contributed by atoms with Gasteiger partial charge in [0.25, 0.3) is 0 Å². The highest BCUT2D eigenvalue weighted by Crippen LogP contribution is 2.15. The van der Waals surface area contributed by atoms with Crippen molar-refractivity contribution < 1.29 is 17.9 Å². The van der Waals surface area contributed by atoms with Crippen molar-refractivity contribution in [3.8, 4) is 0 Å². The molecule has 0 radical (unpaired) electrons. The summed E-state index contributed by atoms with van der Waals surface area (Å²) < 4.78 is 32.2. The van der Waals surface area contributed by atoms with E-state index in [1.54, 1.807) is 25.1 Å². The molecule has 1 fully saturated rings. The Balaban J connectivity index is 1.77. The van der Waals surface area contributed by atoms with Crippen LogP contribution in [0.25, 0.3) is 0 Å². The number of sulfonamides is 1. The van der Waals surface area contributed by atoms with E-state index in [0.717, 1.165) is 25.2 Å². The third-order valence-corrected chi connectivity index (χ3v) is 5.46. The number of rotatable bonds is 7. The first-order valence-electron chi connectivity index (χ1n) is 8.02. The van der Waals surface area contributed by atoms with Crippen molar-refractivity contribution >= 4 is 15.9 Å². The Morgan fingerprint density at radius 3 is 2.62 bits per heavy atom. The first-order chi connectivity index (χ1) is 11.4. The summed E-state index contributed by atoms with van der Waals surface area (Å²) in [5, 5.41) is 2.73. The lowest BCUT2D eigenvalue weighted by Gasteiger charge is -2.26. The van der Waals surface area contributed by atoms with Gasteiger partial charge in [0.05, 0.1) is 24.7 Å². The SMILES string of the molecule is Cc1ccc(S(=O)(=O)NCC(=O)NCCN2CCOCC2)c(C)c1. The second-order valence-electron chi connectivity index (χ2n) is 5.90. The van der Waals surface area contributed by atoms with Crippen molar-refractivity contribution in [3.05, 3.63) is 29.3 Å². The number of nitrogens with one attached hydrogen (secondary N) is 2. The van der Waals surface area contributed by atoms with Crippen molar-refractivity contribution in [1.82, 2.24) is 14.9 Å². The van der Waals surface area contributed by atoms with Crippen LogP contribution in [0.5, 0.6) is 0 Å². The molecule has 0 bridgehead atoms. The van der Waals surface area contributed by atoms with Crippen molar-refractivity contribution in [2.24, 2.45) is 0 Å². The number of hydrogen-bond acceptors (Lipinski definition) is 5. The molecule has 0 atom stereocenters. The number of morpholine rings is 1.